The van der Waals surface area contributed by atoms with Gasteiger partial charge in [0.05, 0.1) is 11.6 Å². The summed E-state index contributed by atoms with van der Waals surface area (Å²) in [5.74, 6) is 1.16. The van der Waals surface area contributed by atoms with Crippen molar-refractivity contribution in [2.45, 2.75) is 6.92 Å². The standard InChI is InChI=1S/C10H14BrN3O/c1-3-13-10(12)14-7-4-5-8(11)9(6-7)15-2/h4-6H,3H2,1-2H3,(H3,12,13,14). The number of hydrogen-bond donors (Lipinski definition) is 2. The number of guanidine groups is 1. The van der Waals surface area contributed by atoms with Gasteiger partial charge in [0.1, 0.15) is 5.75 Å². The van der Waals surface area contributed by atoms with Crippen molar-refractivity contribution in [1.29, 1.82) is 0 Å². The monoisotopic (exact) mass is 271 g/mol. The fourth-order valence-electron chi connectivity index (χ4n) is 1.10. The molecule has 0 radical (unpaired) electrons. The lowest BCUT2D eigenvalue weighted by Crippen LogP contribution is -2.22. The van der Waals surface area contributed by atoms with Gasteiger partial charge in [0.25, 0.3) is 0 Å². The van der Waals surface area contributed by atoms with Crippen molar-refractivity contribution in [3.05, 3.63) is 22.7 Å². The minimum atomic E-state index is 0.405. The molecular weight excluding hydrogens is 258 g/mol. The molecule has 15 heavy (non-hydrogen) atoms. The van der Waals surface area contributed by atoms with E-state index in [2.05, 4.69) is 26.2 Å². The molecule has 0 unspecified atom stereocenters. The van der Waals surface area contributed by atoms with E-state index in [1.54, 1.807) is 7.11 Å². The number of hydrogen-bond acceptors (Lipinski definition) is 2. The highest BCUT2D eigenvalue weighted by Gasteiger charge is 2.01. The Kier molecular flexibility index (Phi) is 4.42. The lowest BCUT2D eigenvalue weighted by atomic mass is 10.3. The summed E-state index contributed by atoms with van der Waals surface area (Å²) in [6.45, 7) is 2.59. The van der Waals surface area contributed by atoms with E-state index in [-0.39, 0.29) is 0 Å². The molecule has 0 bridgehead atoms. The van der Waals surface area contributed by atoms with Gasteiger partial charge in [0, 0.05) is 18.3 Å². The zero-order valence-corrected chi connectivity index (χ0v) is 10.3. The molecule has 0 saturated heterocycles. The molecule has 0 fully saturated rings. The summed E-state index contributed by atoms with van der Waals surface area (Å²) in [5.41, 5.74) is 6.48. The smallest absolute Gasteiger partial charge is 0.193 e. The number of aliphatic imine (C=N–C) groups is 1. The van der Waals surface area contributed by atoms with Crippen LogP contribution in [-0.4, -0.2) is 19.6 Å². The Morgan fingerprint density at radius 1 is 1.60 bits per heavy atom. The zero-order valence-electron chi connectivity index (χ0n) is 8.75. The highest BCUT2D eigenvalue weighted by atomic mass is 79.9. The summed E-state index contributed by atoms with van der Waals surface area (Å²) in [6.07, 6.45) is 0. The Morgan fingerprint density at radius 3 is 2.93 bits per heavy atom. The molecule has 1 aromatic rings. The normalized spacial score (nSPS) is 11.3. The van der Waals surface area contributed by atoms with Crippen molar-refractivity contribution in [3.63, 3.8) is 0 Å². The summed E-state index contributed by atoms with van der Waals surface area (Å²) >= 11 is 3.37. The summed E-state index contributed by atoms with van der Waals surface area (Å²) in [6, 6.07) is 5.63. The van der Waals surface area contributed by atoms with Crippen molar-refractivity contribution < 1.29 is 4.74 Å². The second kappa shape index (κ2) is 5.60. The van der Waals surface area contributed by atoms with E-state index in [1.165, 1.54) is 0 Å². The molecule has 82 valence electrons. The topological polar surface area (TPSA) is 59.6 Å². The van der Waals surface area contributed by atoms with E-state index < -0.39 is 0 Å². The fraction of sp³-hybridized carbons (Fsp3) is 0.300. The maximum absolute atomic E-state index is 5.63. The molecule has 1 rings (SSSR count). The molecule has 3 N–H and O–H groups in total. The maximum atomic E-state index is 5.63. The number of methoxy groups -OCH3 is 1. The minimum absolute atomic E-state index is 0.405. The predicted octanol–water partition coefficient (Wildman–Crippen LogP) is 2.20. The second-order valence-corrected chi connectivity index (χ2v) is 3.69. The SMILES string of the molecule is CCN=C(N)Nc1ccc(Br)c(OC)c1. The van der Waals surface area contributed by atoms with Gasteiger partial charge >= 0.3 is 0 Å². The van der Waals surface area contributed by atoms with Gasteiger partial charge in [-0.05, 0) is 35.0 Å². The number of nitrogens with one attached hydrogen (secondary N) is 1. The van der Waals surface area contributed by atoms with Crippen LogP contribution < -0.4 is 15.8 Å². The molecule has 0 aliphatic heterocycles. The van der Waals surface area contributed by atoms with E-state index in [0.717, 1.165) is 15.9 Å². The number of anilines is 1. The lowest BCUT2D eigenvalue weighted by molar-refractivity contribution is 0.412. The average molecular weight is 272 g/mol. The Morgan fingerprint density at radius 2 is 2.33 bits per heavy atom. The van der Waals surface area contributed by atoms with E-state index in [0.29, 0.717) is 12.5 Å². The maximum Gasteiger partial charge on any atom is 0.193 e. The number of rotatable bonds is 3. The van der Waals surface area contributed by atoms with E-state index >= 15 is 0 Å². The van der Waals surface area contributed by atoms with Gasteiger partial charge < -0.3 is 15.8 Å². The highest BCUT2D eigenvalue weighted by Crippen LogP contribution is 2.27. The predicted molar refractivity (Wildman–Crippen MR) is 66.5 cm³/mol. The number of halogens is 1. The van der Waals surface area contributed by atoms with Crippen molar-refractivity contribution in [3.8, 4) is 5.75 Å². The molecule has 0 aliphatic rings. The van der Waals surface area contributed by atoms with Crippen molar-refractivity contribution in [2.24, 2.45) is 10.7 Å². The van der Waals surface area contributed by atoms with Crippen LogP contribution in [0.1, 0.15) is 6.92 Å². The van der Waals surface area contributed by atoms with Crippen molar-refractivity contribution >= 4 is 27.6 Å². The quantitative estimate of drug-likeness (QED) is 0.655. The molecule has 1 aromatic carbocycles. The van der Waals surface area contributed by atoms with Gasteiger partial charge in [-0.3, -0.25) is 4.99 Å². The Hall–Kier alpha value is -1.23. The van der Waals surface area contributed by atoms with Gasteiger partial charge in [-0.15, -0.1) is 0 Å². The number of nitrogens with zero attached hydrogens (tertiary/aromatic N) is 1. The third-order valence-corrected chi connectivity index (χ3v) is 2.41. The first kappa shape index (κ1) is 11.8. The van der Waals surface area contributed by atoms with Crippen LogP contribution in [0.4, 0.5) is 5.69 Å². The molecule has 0 amide bonds. The Balaban J connectivity index is 2.83. The molecule has 0 atom stereocenters. The van der Waals surface area contributed by atoms with Crippen LogP contribution in [0.5, 0.6) is 5.75 Å². The first-order valence-corrected chi connectivity index (χ1v) is 5.37. The summed E-state index contributed by atoms with van der Waals surface area (Å²) < 4.78 is 6.06. The lowest BCUT2D eigenvalue weighted by Gasteiger charge is -2.08. The number of benzene rings is 1. The summed E-state index contributed by atoms with van der Waals surface area (Å²) in [4.78, 5) is 4.03. The molecule has 4 nitrogen and oxygen atoms in total. The van der Waals surface area contributed by atoms with Crippen LogP contribution >= 0.6 is 15.9 Å². The Bertz CT molecular complexity index is 366. The molecule has 0 aliphatic carbocycles. The summed E-state index contributed by atoms with van der Waals surface area (Å²) in [7, 11) is 1.62. The fourth-order valence-corrected chi connectivity index (χ4v) is 1.50. The second-order valence-electron chi connectivity index (χ2n) is 2.83. The molecular formula is C10H14BrN3O. The average Bonchev–Trinajstić information content (AvgIpc) is 2.21. The van der Waals surface area contributed by atoms with Crippen LogP contribution in [0.2, 0.25) is 0 Å². The molecule has 0 aromatic heterocycles. The molecule has 0 spiro atoms. The minimum Gasteiger partial charge on any atom is -0.495 e. The molecule has 0 heterocycles. The van der Waals surface area contributed by atoms with Crippen molar-refractivity contribution in [1.82, 2.24) is 0 Å². The van der Waals surface area contributed by atoms with Crippen molar-refractivity contribution in [2.75, 3.05) is 19.0 Å². The summed E-state index contributed by atoms with van der Waals surface area (Å²) in [5, 5.41) is 2.97. The first-order chi connectivity index (χ1) is 7.17. The highest BCUT2D eigenvalue weighted by molar-refractivity contribution is 9.10. The van der Waals surface area contributed by atoms with E-state index in [4.69, 9.17) is 10.5 Å². The zero-order chi connectivity index (χ0) is 11.3. The van der Waals surface area contributed by atoms with Crippen LogP contribution in [-0.2, 0) is 0 Å². The van der Waals surface area contributed by atoms with Gasteiger partial charge in [0.2, 0.25) is 0 Å². The molecule has 5 heteroatoms. The molecule has 0 saturated carbocycles. The van der Waals surface area contributed by atoms with E-state index in [9.17, 15) is 0 Å². The van der Waals surface area contributed by atoms with Crippen LogP contribution in [0, 0.1) is 0 Å². The Labute approximate surface area is 97.7 Å². The largest absolute Gasteiger partial charge is 0.495 e. The number of ether oxygens (including phenoxy) is 1. The first-order valence-electron chi connectivity index (χ1n) is 4.58. The van der Waals surface area contributed by atoms with Crippen LogP contribution in [0.25, 0.3) is 0 Å². The van der Waals surface area contributed by atoms with Gasteiger partial charge in [-0.2, -0.15) is 0 Å². The third-order valence-electron chi connectivity index (χ3n) is 1.75. The van der Waals surface area contributed by atoms with Gasteiger partial charge in [0.15, 0.2) is 5.96 Å². The van der Waals surface area contributed by atoms with Crippen LogP contribution in [0.3, 0.4) is 0 Å². The van der Waals surface area contributed by atoms with Gasteiger partial charge in [-0.25, -0.2) is 0 Å². The third kappa shape index (κ3) is 3.43. The number of nitrogens with two attached hydrogens (primary N) is 1. The van der Waals surface area contributed by atoms with Gasteiger partial charge in [-0.1, -0.05) is 0 Å². The van der Waals surface area contributed by atoms with E-state index in [1.807, 2.05) is 25.1 Å². The van der Waals surface area contributed by atoms with Crippen LogP contribution in [0.15, 0.2) is 27.7 Å².